The number of benzene rings is 2. The maximum Gasteiger partial charge on any atom is 0.156 e. The fraction of sp³-hybridized carbons (Fsp3) is 0.143. The van der Waals surface area contributed by atoms with Gasteiger partial charge in [-0.15, -0.1) is 0 Å². The Morgan fingerprint density at radius 1 is 0.842 bits per heavy atom. The largest absolute Gasteiger partial charge is 0.490 e. The van der Waals surface area contributed by atoms with E-state index in [1.807, 2.05) is 24.3 Å². The maximum atomic E-state index is 5.99. The molecule has 2 nitrogen and oxygen atoms in total. The first-order chi connectivity index (χ1) is 9.16. The zero-order valence-corrected chi connectivity index (χ0v) is 13.0. The van der Waals surface area contributed by atoms with E-state index in [0.717, 1.165) is 10.2 Å². The van der Waals surface area contributed by atoms with Crippen LogP contribution in [0.5, 0.6) is 11.5 Å². The molecule has 0 aliphatic heterocycles. The Bertz CT molecular complexity index is 523. The first-order valence-corrected chi connectivity index (χ1v) is 7.17. The zero-order chi connectivity index (χ0) is 13.7. The van der Waals surface area contributed by atoms with E-state index in [1.54, 1.807) is 18.2 Å². The van der Waals surface area contributed by atoms with Crippen molar-refractivity contribution in [3.05, 3.63) is 57.0 Å². The molecular formula is C14H11BrCl2O2. The van der Waals surface area contributed by atoms with Gasteiger partial charge in [-0.3, -0.25) is 0 Å². The van der Waals surface area contributed by atoms with Crippen molar-refractivity contribution in [1.29, 1.82) is 0 Å². The van der Waals surface area contributed by atoms with Crippen molar-refractivity contribution in [3.8, 4) is 11.5 Å². The lowest BCUT2D eigenvalue weighted by atomic mass is 10.3. The van der Waals surface area contributed by atoms with Crippen LogP contribution in [0, 0.1) is 0 Å². The molecule has 5 heteroatoms. The summed E-state index contributed by atoms with van der Waals surface area (Å²) in [6.07, 6.45) is 0. The van der Waals surface area contributed by atoms with Gasteiger partial charge in [-0.25, -0.2) is 0 Å². The zero-order valence-electron chi connectivity index (χ0n) is 9.91. The summed E-state index contributed by atoms with van der Waals surface area (Å²) in [7, 11) is 0. The van der Waals surface area contributed by atoms with Gasteiger partial charge in [0.2, 0.25) is 0 Å². The highest BCUT2D eigenvalue weighted by Crippen LogP contribution is 2.32. The molecule has 0 saturated carbocycles. The van der Waals surface area contributed by atoms with E-state index in [1.165, 1.54) is 0 Å². The predicted octanol–water partition coefficient (Wildman–Crippen LogP) is 5.21. The molecule has 0 heterocycles. The molecule has 100 valence electrons. The molecule has 0 fully saturated rings. The van der Waals surface area contributed by atoms with E-state index in [9.17, 15) is 0 Å². The Labute approximate surface area is 130 Å². The SMILES string of the molecule is Clc1cccc(Cl)c1OCCOc1ccc(Br)cc1. The topological polar surface area (TPSA) is 18.5 Å². The molecule has 0 aromatic heterocycles. The number of hydrogen-bond donors (Lipinski definition) is 0. The van der Waals surface area contributed by atoms with Crippen LogP contribution in [0.1, 0.15) is 0 Å². The molecule has 0 bridgehead atoms. The van der Waals surface area contributed by atoms with E-state index < -0.39 is 0 Å². The van der Waals surface area contributed by atoms with Gasteiger partial charge in [0.15, 0.2) is 5.75 Å². The first kappa shape index (κ1) is 14.5. The van der Waals surface area contributed by atoms with Crippen molar-refractivity contribution in [1.82, 2.24) is 0 Å². The van der Waals surface area contributed by atoms with Crippen molar-refractivity contribution >= 4 is 39.1 Å². The van der Waals surface area contributed by atoms with Gasteiger partial charge in [-0.05, 0) is 36.4 Å². The van der Waals surface area contributed by atoms with E-state index in [4.69, 9.17) is 32.7 Å². The van der Waals surface area contributed by atoms with Gasteiger partial charge in [0.1, 0.15) is 19.0 Å². The molecule has 0 radical (unpaired) electrons. The van der Waals surface area contributed by atoms with Crippen LogP contribution < -0.4 is 9.47 Å². The number of halogens is 3. The third kappa shape index (κ3) is 4.30. The molecule has 2 aromatic carbocycles. The first-order valence-electron chi connectivity index (χ1n) is 5.62. The average Bonchev–Trinajstić information content (AvgIpc) is 2.39. The van der Waals surface area contributed by atoms with Crippen LogP contribution in [0.2, 0.25) is 10.0 Å². The number of hydrogen-bond acceptors (Lipinski definition) is 2. The molecule has 0 spiro atoms. The van der Waals surface area contributed by atoms with Gasteiger partial charge in [-0.2, -0.15) is 0 Å². The van der Waals surface area contributed by atoms with Crippen molar-refractivity contribution in [2.24, 2.45) is 0 Å². The molecule has 2 aromatic rings. The molecule has 0 aliphatic rings. The normalized spacial score (nSPS) is 10.3. The minimum Gasteiger partial charge on any atom is -0.490 e. The number of ether oxygens (including phenoxy) is 2. The van der Waals surface area contributed by atoms with Gasteiger partial charge in [0.05, 0.1) is 10.0 Å². The van der Waals surface area contributed by atoms with Crippen molar-refractivity contribution in [3.63, 3.8) is 0 Å². The van der Waals surface area contributed by atoms with Crippen LogP contribution in [0.25, 0.3) is 0 Å². The second-order valence-electron chi connectivity index (χ2n) is 3.70. The molecule has 0 saturated heterocycles. The van der Waals surface area contributed by atoms with Gasteiger partial charge in [-0.1, -0.05) is 45.2 Å². The van der Waals surface area contributed by atoms with Crippen molar-refractivity contribution in [2.75, 3.05) is 13.2 Å². The standard InChI is InChI=1S/C14H11BrCl2O2/c15-10-4-6-11(7-5-10)18-8-9-19-14-12(16)2-1-3-13(14)17/h1-7H,8-9H2. The molecule has 0 atom stereocenters. The lowest BCUT2D eigenvalue weighted by Crippen LogP contribution is -2.09. The van der Waals surface area contributed by atoms with Crippen LogP contribution in [0.3, 0.4) is 0 Å². The highest BCUT2D eigenvalue weighted by molar-refractivity contribution is 9.10. The van der Waals surface area contributed by atoms with Crippen LogP contribution >= 0.6 is 39.1 Å². The quantitative estimate of drug-likeness (QED) is 0.680. The second-order valence-corrected chi connectivity index (χ2v) is 5.43. The van der Waals surface area contributed by atoms with Gasteiger partial charge in [0, 0.05) is 4.47 Å². The lowest BCUT2D eigenvalue weighted by molar-refractivity contribution is 0.217. The third-order valence-corrected chi connectivity index (χ3v) is 3.45. The Kier molecular flexibility index (Phi) is 5.37. The smallest absolute Gasteiger partial charge is 0.156 e. The molecule has 0 unspecified atom stereocenters. The fourth-order valence-electron chi connectivity index (χ4n) is 1.45. The molecule has 0 amide bonds. The monoisotopic (exact) mass is 360 g/mol. The van der Waals surface area contributed by atoms with Crippen LogP contribution in [0.15, 0.2) is 46.9 Å². The van der Waals surface area contributed by atoms with Gasteiger partial charge >= 0.3 is 0 Å². The molecular weight excluding hydrogens is 351 g/mol. The molecule has 0 N–H and O–H groups in total. The van der Waals surface area contributed by atoms with E-state index >= 15 is 0 Å². The van der Waals surface area contributed by atoms with Crippen LogP contribution in [-0.4, -0.2) is 13.2 Å². The Morgan fingerprint density at radius 2 is 1.42 bits per heavy atom. The molecule has 19 heavy (non-hydrogen) atoms. The Hall–Kier alpha value is -0.900. The minimum atomic E-state index is 0.375. The number of rotatable bonds is 5. The Morgan fingerprint density at radius 3 is 2.05 bits per heavy atom. The molecule has 0 aliphatic carbocycles. The fourth-order valence-corrected chi connectivity index (χ4v) is 2.23. The minimum absolute atomic E-state index is 0.375. The van der Waals surface area contributed by atoms with E-state index in [2.05, 4.69) is 15.9 Å². The van der Waals surface area contributed by atoms with Crippen LogP contribution in [-0.2, 0) is 0 Å². The van der Waals surface area contributed by atoms with Crippen molar-refractivity contribution in [2.45, 2.75) is 0 Å². The molecule has 2 rings (SSSR count). The summed E-state index contributed by atoms with van der Waals surface area (Å²) in [5.41, 5.74) is 0. The van der Waals surface area contributed by atoms with Crippen LogP contribution in [0.4, 0.5) is 0 Å². The second kappa shape index (κ2) is 7.04. The van der Waals surface area contributed by atoms with Crippen molar-refractivity contribution < 1.29 is 9.47 Å². The highest BCUT2D eigenvalue weighted by atomic mass is 79.9. The number of para-hydroxylation sites is 1. The predicted molar refractivity (Wildman–Crippen MR) is 81.6 cm³/mol. The van der Waals surface area contributed by atoms with E-state index in [-0.39, 0.29) is 0 Å². The summed E-state index contributed by atoms with van der Waals surface area (Å²) in [6, 6.07) is 12.8. The average molecular weight is 362 g/mol. The summed E-state index contributed by atoms with van der Waals surface area (Å²) in [4.78, 5) is 0. The maximum absolute atomic E-state index is 5.99. The summed E-state index contributed by atoms with van der Waals surface area (Å²) in [5, 5.41) is 0.993. The van der Waals surface area contributed by atoms with Gasteiger partial charge < -0.3 is 9.47 Å². The van der Waals surface area contributed by atoms with E-state index in [0.29, 0.717) is 29.0 Å². The summed E-state index contributed by atoms with van der Waals surface area (Å²) < 4.78 is 12.1. The third-order valence-electron chi connectivity index (χ3n) is 2.33. The summed E-state index contributed by atoms with van der Waals surface area (Å²) >= 11 is 15.3. The Balaban J connectivity index is 1.82. The highest BCUT2D eigenvalue weighted by Gasteiger charge is 2.06. The summed E-state index contributed by atoms with van der Waals surface area (Å²) in [6.45, 7) is 0.794. The summed E-state index contributed by atoms with van der Waals surface area (Å²) in [5.74, 6) is 1.28. The lowest BCUT2D eigenvalue weighted by Gasteiger charge is -2.10. The van der Waals surface area contributed by atoms with Gasteiger partial charge in [0.25, 0.3) is 0 Å².